The van der Waals surface area contributed by atoms with Crippen LogP contribution < -0.4 is 5.32 Å². The lowest BCUT2D eigenvalue weighted by molar-refractivity contribution is 0.0527. The van der Waals surface area contributed by atoms with E-state index in [9.17, 15) is 4.79 Å². The van der Waals surface area contributed by atoms with Gasteiger partial charge in [-0.05, 0) is 37.1 Å². The van der Waals surface area contributed by atoms with Crippen LogP contribution in [0.1, 0.15) is 29.8 Å². The van der Waals surface area contributed by atoms with Crippen molar-refractivity contribution in [3.63, 3.8) is 0 Å². The lowest BCUT2D eigenvalue weighted by atomic mass is 10.1. The fourth-order valence-electron chi connectivity index (χ4n) is 2.61. The number of para-hydroxylation sites is 1. The van der Waals surface area contributed by atoms with Crippen molar-refractivity contribution >= 4 is 28.2 Å². The summed E-state index contributed by atoms with van der Waals surface area (Å²) in [7, 11) is 0. The summed E-state index contributed by atoms with van der Waals surface area (Å²) >= 11 is 0. The molecular weight excluding hydrogens is 300 g/mol. The number of hydrogen-bond donors (Lipinski definition) is 1. The molecule has 4 nitrogen and oxygen atoms in total. The number of nitrogens with one attached hydrogen (secondary N) is 1. The molecule has 0 radical (unpaired) electrons. The predicted octanol–water partition coefficient (Wildman–Crippen LogP) is 4.72. The SMILES string of the molecule is CCOC(=O)c1cnc2ccccc2c1Nc1ccc(CC)cc1. The molecule has 1 aromatic heterocycles. The highest BCUT2D eigenvalue weighted by Gasteiger charge is 2.16. The van der Waals surface area contributed by atoms with Crippen LogP contribution in [-0.4, -0.2) is 17.6 Å². The number of hydrogen-bond acceptors (Lipinski definition) is 4. The van der Waals surface area contributed by atoms with Gasteiger partial charge >= 0.3 is 5.97 Å². The van der Waals surface area contributed by atoms with Gasteiger partial charge in [0.1, 0.15) is 5.56 Å². The van der Waals surface area contributed by atoms with Crippen LogP contribution in [0.15, 0.2) is 54.7 Å². The minimum absolute atomic E-state index is 0.330. The lowest BCUT2D eigenvalue weighted by Crippen LogP contribution is -2.09. The normalized spacial score (nSPS) is 10.6. The number of carbonyl (C=O) groups is 1. The van der Waals surface area contributed by atoms with Gasteiger partial charge in [0, 0.05) is 17.3 Å². The summed E-state index contributed by atoms with van der Waals surface area (Å²) in [6.07, 6.45) is 2.57. The molecule has 24 heavy (non-hydrogen) atoms. The summed E-state index contributed by atoms with van der Waals surface area (Å²) in [4.78, 5) is 16.7. The van der Waals surface area contributed by atoms with E-state index in [2.05, 4.69) is 29.4 Å². The van der Waals surface area contributed by atoms with Crippen molar-refractivity contribution in [1.82, 2.24) is 4.98 Å². The van der Waals surface area contributed by atoms with Crippen molar-refractivity contribution < 1.29 is 9.53 Å². The molecule has 122 valence electrons. The maximum Gasteiger partial charge on any atom is 0.341 e. The second kappa shape index (κ2) is 7.13. The lowest BCUT2D eigenvalue weighted by Gasteiger charge is -2.14. The molecule has 4 heteroatoms. The molecule has 0 unspecified atom stereocenters. The van der Waals surface area contributed by atoms with Crippen LogP contribution in [0.5, 0.6) is 0 Å². The van der Waals surface area contributed by atoms with Crippen molar-refractivity contribution in [3.05, 3.63) is 65.9 Å². The van der Waals surface area contributed by atoms with Crippen molar-refractivity contribution in [3.8, 4) is 0 Å². The van der Waals surface area contributed by atoms with E-state index < -0.39 is 0 Å². The van der Waals surface area contributed by atoms with Gasteiger partial charge in [-0.25, -0.2) is 4.79 Å². The molecule has 0 fully saturated rings. The number of esters is 1. The second-order valence-corrected chi connectivity index (χ2v) is 5.46. The van der Waals surface area contributed by atoms with Crippen molar-refractivity contribution in [2.45, 2.75) is 20.3 Å². The Labute approximate surface area is 141 Å². The number of anilines is 2. The summed E-state index contributed by atoms with van der Waals surface area (Å²) < 4.78 is 5.17. The van der Waals surface area contributed by atoms with Gasteiger partial charge in [-0.2, -0.15) is 0 Å². The first kappa shape index (κ1) is 16.0. The van der Waals surface area contributed by atoms with Gasteiger partial charge in [-0.15, -0.1) is 0 Å². The fourth-order valence-corrected chi connectivity index (χ4v) is 2.61. The van der Waals surface area contributed by atoms with Crippen molar-refractivity contribution in [2.75, 3.05) is 11.9 Å². The van der Waals surface area contributed by atoms with Gasteiger partial charge in [0.05, 0.1) is 17.8 Å². The van der Waals surface area contributed by atoms with Gasteiger partial charge < -0.3 is 10.1 Å². The minimum Gasteiger partial charge on any atom is -0.462 e. The average molecular weight is 320 g/mol. The monoisotopic (exact) mass is 320 g/mol. The molecule has 2 aromatic carbocycles. The van der Waals surface area contributed by atoms with Crippen LogP contribution in [0.3, 0.4) is 0 Å². The summed E-state index contributed by atoms with van der Waals surface area (Å²) in [5, 5.41) is 4.26. The number of fused-ring (bicyclic) bond motifs is 1. The van der Waals surface area contributed by atoms with Gasteiger partial charge in [-0.1, -0.05) is 37.3 Å². The van der Waals surface area contributed by atoms with E-state index in [1.165, 1.54) is 5.56 Å². The Kier molecular flexibility index (Phi) is 4.75. The molecule has 0 bridgehead atoms. The summed E-state index contributed by atoms with van der Waals surface area (Å²) in [5.74, 6) is -0.372. The van der Waals surface area contributed by atoms with Gasteiger partial charge in [0.15, 0.2) is 0 Å². The van der Waals surface area contributed by atoms with E-state index in [-0.39, 0.29) is 5.97 Å². The Bertz CT molecular complexity index is 857. The number of pyridine rings is 1. The van der Waals surface area contributed by atoms with Crippen LogP contribution in [0.25, 0.3) is 10.9 Å². The zero-order valence-electron chi connectivity index (χ0n) is 13.9. The number of rotatable bonds is 5. The largest absolute Gasteiger partial charge is 0.462 e. The maximum atomic E-state index is 12.3. The molecule has 0 aliphatic carbocycles. The first-order chi connectivity index (χ1) is 11.7. The van der Waals surface area contributed by atoms with Gasteiger partial charge in [0.25, 0.3) is 0 Å². The second-order valence-electron chi connectivity index (χ2n) is 5.46. The molecule has 0 saturated carbocycles. The van der Waals surface area contributed by atoms with E-state index in [1.807, 2.05) is 36.4 Å². The quantitative estimate of drug-likeness (QED) is 0.691. The van der Waals surface area contributed by atoms with Crippen molar-refractivity contribution in [1.29, 1.82) is 0 Å². The van der Waals surface area contributed by atoms with E-state index in [1.54, 1.807) is 13.1 Å². The Morgan fingerprint density at radius 2 is 1.83 bits per heavy atom. The maximum absolute atomic E-state index is 12.3. The van der Waals surface area contributed by atoms with Crippen molar-refractivity contribution in [2.24, 2.45) is 0 Å². The zero-order valence-corrected chi connectivity index (χ0v) is 13.9. The Morgan fingerprint density at radius 3 is 2.54 bits per heavy atom. The van der Waals surface area contributed by atoms with Gasteiger partial charge in [-0.3, -0.25) is 4.98 Å². The summed E-state index contributed by atoms with van der Waals surface area (Å²) in [6, 6.07) is 15.9. The molecule has 1 N–H and O–H groups in total. The smallest absolute Gasteiger partial charge is 0.341 e. The van der Waals surface area contributed by atoms with Crippen LogP contribution >= 0.6 is 0 Å². The summed E-state index contributed by atoms with van der Waals surface area (Å²) in [6.45, 7) is 4.25. The number of benzene rings is 2. The minimum atomic E-state index is -0.372. The molecule has 3 rings (SSSR count). The molecule has 0 aliphatic heterocycles. The Hall–Kier alpha value is -2.88. The topological polar surface area (TPSA) is 51.2 Å². The Balaban J connectivity index is 2.07. The first-order valence-corrected chi connectivity index (χ1v) is 8.13. The average Bonchev–Trinajstić information content (AvgIpc) is 2.63. The molecule has 0 aliphatic rings. The highest BCUT2D eigenvalue weighted by atomic mass is 16.5. The molecule has 3 aromatic rings. The van der Waals surface area contributed by atoms with Crippen LogP contribution in [0, 0.1) is 0 Å². The Morgan fingerprint density at radius 1 is 1.08 bits per heavy atom. The van der Waals surface area contributed by atoms with Crippen LogP contribution in [0.4, 0.5) is 11.4 Å². The van der Waals surface area contributed by atoms with E-state index >= 15 is 0 Å². The predicted molar refractivity (Wildman–Crippen MR) is 96.8 cm³/mol. The van der Waals surface area contributed by atoms with Crippen LogP contribution in [0.2, 0.25) is 0 Å². The van der Waals surface area contributed by atoms with Crippen LogP contribution in [-0.2, 0) is 11.2 Å². The molecule has 1 heterocycles. The van der Waals surface area contributed by atoms with E-state index in [4.69, 9.17) is 4.74 Å². The third-order valence-corrected chi connectivity index (χ3v) is 3.90. The number of carbonyl (C=O) groups excluding carboxylic acids is 1. The van der Waals surface area contributed by atoms with E-state index in [0.29, 0.717) is 12.2 Å². The number of aromatic nitrogens is 1. The highest BCUT2D eigenvalue weighted by molar-refractivity contribution is 6.05. The van der Waals surface area contributed by atoms with E-state index in [0.717, 1.165) is 28.7 Å². The standard InChI is InChI=1S/C20H20N2O2/c1-3-14-9-11-15(12-10-14)22-19-16-7-5-6-8-18(16)21-13-17(19)20(23)24-4-2/h5-13H,3-4H2,1-2H3,(H,21,22). The molecule has 0 saturated heterocycles. The first-order valence-electron chi connectivity index (χ1n) is 8.13. The summed E-state index contributed by atoms with van der Waals surface area (Å²) in [5.41, 5.74) is 4.19. The number of aryl methyl sites for hydroxylation is 1. The molecule has 0 atom stereocenters. The van der Waals surface area contributed by atoms with Gasteiger partial charge in [0.2, 0.25) is 0 Å². The third kappa shape index (κ3) is 3.23. The molecular formula is C20H20N2O2. The third-order valence-electron chi connectivity index (χ3n) is 3.90. The fraction of sp³-hybridized carbons (Fsp3) is 0.200. The number of nitrogens with zero attached hydrogens (tertiary/aromatic N) is 1. The highest BCUT2D eigenvalue weighted by Crippen LogP contribution is 2.29. The molecule has 0 spiro atoms. The number of ether oxygens (including phenoxy) is 1. The zero-order chi connectivity index (χ0) is 16.9. The molecule has 0 amide bonds.